The van der Waals surface area contributed by atoms with Crippen LogP contribution in [0.3, 0.4) is 0 Å². The number of amides is 1. The average molecular weight is 269 g/mol. The quantitative estimate of drug-likeness (QED) is 0.713. The molecule has 0 heterocycles. The lowest BCUT2D eigenvalue weighted by atomic mass is 10.1. The number of rotatable bonds is 8. The van der Waals surface area contributed by atoms with Gasteiger partial charge in [0.05, 0.1) is 0 Å². The highest BCUT2D eigenvalue weighted by atomic mass is 19.1. The number of phenols is 1. The number of carbonyl (C=O) groups excluding carboxylic acids is 1. The number of ether oxygens (including phenoxy) is 1. The Labute approximate surface area is 112 Å². The van der Waals surface area contributed by atoms with E-state index in [1.807, 2.05) is 0 Å². The largest absolute Gasteiger partial charge is 0.507 e. The number of benzene rings is 1. The monoisotopic (exact) mass is 269 g/mol. The van der Waals surface area contributed by atoms with Crippen molar-refractivity contribution in [2.45, 2.75) is 26.2 Å². The Hall–Kier alpha value is -1.62. The van der Waals surface area contributed by atoms with Crippen LogP contribution in [0, 0.1) is 5.82 Å². The summed E-state index contributed by atoms with van der Waals surface area (Å²) in [4.78, 5) is 11.7. The first kappa shape index (κ1) is 15.4. The third-order valence-corrected chi connectivity index (χ3v) is 2.61. The van der Waals surface area contributed by atoms with Crippen molar-refractivity contribution >= 4 is 5.91 Å². The average Bonchev–Trinajstić information content (AvgIpc) is 2.37. The summed E-state index contributed by atoms with van der Waals surface area (Å²) in [5.74, 6) is -1.68. The minimum absolute atomic E-state index is 0.311. The number of hydrogen-bond acceptors (Lipinski definition) is 3. The molecular formula is C14H20FNO3. The van der Waals surface area contributed by atoms with E-state index in [1.54, 1.807) is 0 Å². The molecule has 2 N–H and O–H groups in total. The minimum atomic E-state index is -0.725. The molecule has 1 amide bonds. The number of nitrogens with one attached hydrogen (secondary N) is 1. The molecule has 0 atom stereocenters. The maximum atomic E-state index is 13.4. The Morgan fingerprint density at radius 3 is 2.79 bits per heavy atom. The molecule has 106 valence electrons. The van der Waals surface area contributed by atoms with E-state index in [0.29, 0.717) is 19.6 Å². The van der Waals surface area contributed by atoms with Gasteiger partial charge in [0.2, 0.25) is 0 Å². The molecule has 0 spiro atoms. The summed E-state index contributed by atoms with van der Waals surface area (Å²) in [5.41, 5.74) is -0.311. The summed E-state index contributed by atoms with van der Waals surface area (Å²) in [6.07, 6.45) is 2.77. The summed E-state index contributed by atoms with van der Waals surface area (Å²) in [6, 6.07) is 3.78. The molecule has 0 saturated heterocycles. The first-order chi connectivity index (χ1) is 9.16. The van der Waals surface area contributed by atoms with Crippen LogP contribution in [-0.4, -0.2) is 30.8 Å². The van der Waals surface area contributed by atoms with E-state index in [2.05, 4.69) is 12.2 Å². The summed E-state index contributed by atoms with van der Waals surface area (Å²) in [5, 5.41) is 12.0. The molecule has 1 aromatic carbocycles. The summed E-state index contributed by atoms with van der Waals surface area (Å²) in [6.45, 7) is 3.76. The van der Waals surface area contributed by atoms with Gasteiger partial charge in [-0.3, -0.25) is 4.79 Å². The van der Waals surface area contributed by atoms with E-state index in [4.69, 9.17) is 4.74 Å². The van der Waals surface area contributed by atoms with Crippen LogP contribution in [-0.2, 0) is 4.74 Å². The van der Waals surface area contributed by atoms with Gasteiger partial charge in [0, 0.05) is 19.8 Å². The minimum Gasteiger partial charge on any atom is -0.507 e. The second-order valence-corrected chi connectivity index (χ2v) is 4.21. The van der Waals surface area contributed by atoms with Crippen molar-refractivity contribution in [2.24, 2.45) is 0 Å². The zero-order valence-electron chi connectivity index (χ0n) is 11.1. The summed E-state index contributed by atoms with van der Waals surface area (Å²) >= 11 is 0. The van der Waals surface area contributed by atoms with Crippen molar-refractivity contribution in [2.75, 3.05) is 19.8 Å². The smallest absolute Gasteiger partial charge is 0.258 e. The van der Waals surface area contributed by atoms with Crippen molar-refractivity contribution in [1.29, 1.82) is 0 Å². The predicted octanol–water partition coefficient (Wildman–Crippen LogP) is 2.47. The molecule has 4 nitrogen and oxygen atoms in total. The number of hydrogen-bond donors (Lipinski definition) is 2. The first-order valence-electron chi connectivity index (χ1n) is 6.50. The molecule has 0 aliphatic carbocycles. The lowest BCUT2D eigenvalue weighted by Gasteiger charge is -2.08. The molecule has 0 aromatic heterocycles. The van der Waals surface area contributed by atoms with E-state index < -0.39 is 11.7 Å². The Kier molecular flexibility index (Phi) is 6.89. The number of carbonyl (C=O) groups is 1. The normalized spacial score (nSPS) is 10.4. The highest BCUT2D eigenvalue weighted by molar-refractivity contribution is 5.97. The van der Waals surface area contributed by atoms with E-state index in [0.717, 1.165) is 25.5 Å². The standard InChI is InChI=1S/C14H20FNO3/c1-2-3-9-19-10-5-8-16-14(18)13-11(15)6-4-7-12(13)17/h4,6-7,17H,2-3,5,8-10H2,1H3,(H,16,18). The fourth-order valence-corrected chi connectivity index (χ4v) is 1.55. The molecule has 19 heavy (non-hydrogen) atoms. The molecule has 1 aromatic rings. The van der Waals surface area contributed by atoms with Crippen LogP contribution in [0.25, 0.3) is 0 Å². The van der Waals surface area contributed by atoms with Crippen molar-refractivity contribution in [3.05, 3.63) is 29.6 Å². The van der Waals surface area contributed by atoms with Gasteiger partial charge in [-0.15, -0.1) is 0 Å². The Balaban J connectivity index is 2.28. The van der Waals surface area contributed by atoms with Gasteiger partial charge >= 0.3 is 0 Å². The molecule has 0 radical (unpaired) electrons. The highest BCUT2D eigenvalue weighted by Crippen LogP contribution is 2.19. The second-order valence-electron chi connectivity index (χ2n) is 4.21. The number of unbranched alkanes of at least 4 members (excludes halogenated alkanes) is 1. The fourth-order valence-electron chi connectivity index (χ4n) is 1.55. The van der Waals surface area contributed by atoms with Gasteiger partial charge in [0.25, 0.3) is 5.91 Å². The summed E-state index contributed by atoms with van der Waals surface area (Å²) < 4.78 is 18.7. The third-order valence-electron chi connectivity index (χ3n) is 2.61. The van der Waals surface area contributed by atoms with Gasteiger partial charge in [-0.05, 0) is 25.0 Å². The molecule has 0 fully saturated rings. The lowest BCUT2D eigenvalue weighted by molar-refractivity contribution is 0.0933. The van der Waals surface area contributed by atoms with Crippen molar-refractivity contribution in [3.63, 3.8) is 0 Å². The zero-order valence-corrected chi connectivity index (χ0v) is 11.1. The van der Waals surface area contributed by atoms with Gasteiger partial charge in [-0.2, -0.15) is 0 Å². The van der Waals surface area contributed by atoms with Gasteiger partial charge < -0.3 is 15.2 Å². The molecule has 0 aliphatic rings. The Bertz CT molecular complexity index is 389. The Morgan fingerprint density at radius 2 is 2.11 bits per heavy atom. The topological polar surface area (TPSA) is 58.6 Å². The number of aromatic hydroxyl groups is 1. The van der Waals surface area contributed by atoms with Crippen LogP contribution in [0.15, 0.2) is 18.2 Å². The SMILES string of the molecule is CCCCOCCCNC(=O)c1c(O)cccc1F. The van der Waals surface area contributed by atoms with Gasteiger partial charge in [0.1, 0.15) is 17.1 Å². The number of halogens is 1. The Morgan fingerprint density at radius 1 is 1.37 bits per heavy atom. The maximum absolute atomic E-state index is 13.4. The zero-order chi connectivity index (χ0) is 14.1. The van der Waals surface area contributed by atoms with Gasteiger partial charge in [0.15, 0.2) is 0 Å². The van der Waals surface area contributed by atoms with E-state index >= 15 is 0 Å². The maximum Gasteiger partial charge on any atom is 0.258 e. The molecular weight excluding hydrogens is 249 g/mol. The van der Waals surface area contributed by atoms with Crippen molar-refractivity contribution < 1.29 is 19.0 Å². The molecule has 1 rings (SSSR count). The second kappa shape index (κ2) is 8.48. The van der Waals surface area contributed by atoms with Crippen molar-refractivity contribution in [3.8, 4) is 5.75 Å². The highest BCUT2D eigenvalue weighted by Gasteiger charge is 2.15. The van der Waals surface area contributed by atoms with Crippen LogP contribution in [0.5, 0.6) is 5.75 Å². The molecule has 0 aliphatic heterocycles. The first-order valence-corrected chi connectivity index (χ1v) is 6.50. The van der Waals surface area contributed by atoms with Gasteiger partial charge in [-0.25, -0.2) is 4.39 Å². The van der Waals surface area contributed by atoms with E-state index in [1.165, 1.54) is 12.1 Å². The molecule has 5 heteroatoms. The lowest BCUT2D eigenvalue weighted by Crippen LogP contribution is -2.26. The van der Waals surface area contributed by atoms with Crippen LogP contribution >= 0.6 is 0 Å². The predicted molar refractivity (Wildman–Crippen MR) is 70.7 cm³/mol. The van der Waals surface area contributed by atoms with Crippen LogP contribution in [0.1, 0.15) is 36.5 Å². The van der Waals surface area contributed by atoms with Crippen molar-refractivity contribution in [1.82, 2.24) is 5.32 Å². The van der Waals surface area contributed by atoms with Gasteiger partial charge in [-0.1, -0.05) is 19.4 Å². The molecule has 0 bridgehead atoms. The van der Waals surface area contributed by atoms with E-state index in [-0.39, 0.29) is 11.3 Å². The van der Waals surface area contributed by atoms with E-state index in [9.17, 15) is 14.3 Å². The van der Waals surface area contributed by atoms with Crippen LogP contribution in [0.2, 0.25) is 0 Å². The molecule has 0 saturated carbocycles. The fraction of sp³-hybridized carbons (Fsp3) is 0.500. The number of phenolic OH excluding ortho intramolecular Hbond substituents is 1. The summed E-state index contributed by atoms with van der Waals surface area (Å²) in [7, 11) is 0. The van der Waals surface area contributed by atoms with Crippen LogP contribution in [0.4, 0.5) is 4.39 Å². The molecule has 0 unspecified atom stereocenters. The third kappa shape index (κ3) is 5.26. The van der Waals surface area contributed by atoms with Crippen LogP contribution < -0.4 is 5.32 Å².